The van der Waals surface area contributed by atoms with Gasteiger partial charge in [-0.3, -0.25) is 14.5 Å². The zero-order valence-corrected chi connectivity index (χ0v) is 19.7. The SMILES string of the molecule is CCOc1ccc(C2c3c(oc4ccccc4c3=O)C(=O)N2c2ccc(C)c(Cl)c2)cc1OC. The van der Waals surface area contributed by atoms with Crippen LogP contribution >= 0.6 is 11.6 Å². The summed E-state index contributed by atoms with van der Waals surface area (Å²) in [4.78, 5) is 28.9. The van der Waals surface area contributed by atoms with Crippen LogP contribution in [0.2, 0.25) is 5.02 Å². The fourth-order valence-corrected chi connectivity index (χ4v) is 4.54. The summed E-state index contributed by atoms with van der Waals surface area (Å²) in [6.07, 6.45) is 0. The zero-order valence-electron chi connectivity index (χ0n) is 18.9. The lowest BCUT2D eigenvalue weighted by Crippen LogP contribution is -2.29. The molecule has 1 aromatic heterocycles. The van der Waals surface area contributed by atoms with E-state index in [9.17, 15) is 9.59 Å². The number of halogens is 1. The predicted octanol–water partition coefficient (Wildman–Crippen LogP) is 5.91. The standard InChI is InChI=1S/C27H22ClNO5/c1-4-33-21-12-10-16(13-22(21)32-3)24-23-25(30)18-7-5-6-8-20(18)34-26(23)27(31)29(24)17-11-9-15(2)19(28)14-17/h5-14,24H,4H2,1-3H3. The number of hydrogen-bond acceptors (Lipinski definition) is 5. The van der Waals surface area contributed by atoms with E-state index in [1.807, 2.05) is 32.0 Å². The Balaban J connectivity index is 1.79. The summed E-state index contributed by atoms with van der Waals surface area (Å²) in [6, 6.07) is 17.0. The Bertz CT molecular complexity index is 1490. The largest absolute Gasteiger partial charge is 0.493 e. The molecule has 7 heteroatoms. The maximum absolute atomic E-state index is 13.7. The molecule has 0 N–H and O–H groups in total. The van der Waals surface area contributed by atoms with Crippen LogP contribution in [-0.4, -0.2) is 19.6 Å². The normalized spacial score (nSPS) is 15.0. The van der Waals surface area contributed by atoms with Crippen LogP contribution in [-0.2, 0) is 0 Å². The third-order valence-corrected chi connectivity index (χ3v) is 6.42. The molecule has 1 unspecified atom stereocenters. The molecule has 3 aromatic carbocycles. The number of carbonyl (C=O) groups excluding carboxylic acids is 1. The van der Waals surface area contributed by atoms with Crippen molar-refractivity contribution in [2.24, 2.45) is 0 Å². The molecule has 0 saturated heterocycles. The fraction of sp³-hybridized carbons (Fsp3) is 0.185. The number of ether oxygens (including phenoxy) is 2. The van der Waals surface area contributed by atoms with E-state index in [-0.39, 0.29) is 16.8 Å². The van der Waals surface area contributed by atoms with Gasteiger partial charge in [-0.15, -0.1) is 0 Å². The first-order valence-electron chi connectivity index (χ1n) is 10.9. The van der Waals surface area contributed by atoms with Gasteiger partial charge in [-0.25, -0.2) is 0 Å². The van der Waals surface area contributed by atoms with Gasteiger partial charge in [0.25, 0.3) is 5.91 Å². The van der Waals surface area contributed by atoms with E-state index in [1.54, 1.807) is 54.5 Å². The molecular weight excluding hydrogens is 454 g/mol. The number of fused-ring (bicyclic) bond motifs is 2. The molecule has 6 nitrogen and oxygen atoms in total. The Hall–Kier alpha value is -3.77. The van der Waals surface area contributed by atoms with E-state index in [2.05, 4.69) is 0 Å². The summed E-state index contributed by atoms with van der Waals surface area (Å²) in [5.74, 6) is 0.704. The van der Waals surface area contributed by atoms with Crippen LogP contribution < -0.4 is 19.8 Å². The lowest BCUT2D eigenvalue weighted by atomic mass is 9.97. The van der Waals surface area contributed by atoms with Crippen molar-refractivity contribution in [3.05, 3.63) is 98.4 Å². The molecule has 1 aliphatic heterocycles. The minimum absolute atomic E-state index is 0.0262. The van der Waals surface area contributed by atoms with Crippen LogP contribution in [0, 0.1) is 6.92 Å². The lowest BCUT2D eigenvalue weighted by Gasteiger charge is -2.26. The Morgan fingerprint density at radius 1 is 1.03 bits per heavy atom. The third kappa shape index (κ3) is 3.42. The highest BCUT2D eigenvalue weighted by Crippen LogP contribution is 2.43. The predicted molar refractivity (Wildman–Crippen MR) is 131 cm³/mol. The molecule has 0 aliphatic carbocycles. The van der Waals surface area contributed by atoms with Gasteiger partial charge in [0.15, 0.2) is 16.9 Å². The molecule has 0 saturated carbocycles. The van der Waals surface area contributed by atoms with E-state index in [4.69, 9.17) is 25.5 Å². The summed E-state index contributed by atoms with van der Waals surface area (Å²) in [5, 5.41) is 0.939. The smallest absolute Gasteiger partial charge is 0.295 e. The number of carbonyl (C=O) groups is 1. The summed E-state index contributed by atoms with van der Waals surface area (Å²) >= 11 is 6.41. The number of hydrogen-bond donors (Lipinski definition) is 0. The van der Waals surface area contributed by atoms with Crippen molar-refractivity contribution >= 4 is 34.2 Å². The van der Waals surface area contributed by atoms with Crippen molar-refractivity contribution < 1.29 is 18.7 Å². The minimum atomic E-state index is -0.730. The molecule has 1 aliphatic rings. The molecule has 1 amide bonds. The summed E-state index contributed by atoms with van der Waals surface area (Å²) in [7, 11) is 1.55. The van der Waals surface area contributed by atoms with Crippen LogP contribution in [0.1, 0.15) is 40.2 Å². The van der Waals surface area contributed by atoms with E-state index >= 15 is 0 Å². The van der Waals surface area contributed by atoms with Crippen molar-refractivity contribution in [1.29, 1.82) is 0 Å². The van der Waals surface area contributed by atoms with Crippen molar-refractivity contribution in [2.45, 2.75) is 19.9 Å². The number of nitrogens with zero attached hydrogens (tertiary/aromatic N) is 1. The number of amides is 1. The van der Waals surface area contributed by atoms with Gasteiger partial charge in [0.05, 0.1) is 30.7 Å². The summed E-state index contributed by atoms with van der Waals surface area (Å²) in [6.45, 7) is 4.25. The first-order valence-corrected chi connectivity index (χ1v) is 11.3. The van der Waals surface area contributed by atoms with Gasteiger partial charge < -0.3 is 13.9 Å². The Morgan fingerprint density at radius 3 is 2.56 bits per heavy atom. The van der Waals surface area contributed by atoms with Gasteiger partial charge in [0.1, 0.15) is 5.58 Å². The molecule has 5 rings (SSSR count). The topological polar surface area (TPSA) is 69.0 Å². The molecule has 2 heterocycles. The van der Waals surface area contributed by atoms with E-state index < -0.39 is 11.9 Å². The van der Waals surface area contributed by atoms with Gasteiger partial charge in [-0.2, -0.15) is 0 Å². The monoisotopic (exact) mass is 475 g/mol. The van der Waals surface area contributed by atoms with Crippen molar-refractivity contribution in [2.75, 3.05) is 18.6 Å². The molecule has 172 valence electrons. The Morgan fingerprint density at radius 2 is 1.82 bits per heavy atom. The van der Waals surface area contributed by atoms with Gasteiger partial charge in [-0.05, 0) is 61.4 Å². The number of anilines is 1. The van der Waals surface area contributed by atoms with Gasteiger partial charge >= 0.3 is 0 Å². The number of para-hydroxylation sites is 1. The highest BCUT2D eigenvalue weighted by molar-refractivity contribution is 6.31. The highest BCUT2D eigenvalue weighted by Gasteiger charge is 2.44. The van der Waals surface area contributed by atoms with Crippen molar-refractivity contribution in [3.63, 3.8) is 0 Å². The fourth-order valence-electron chi connectivity index (χ4n) is 4.36. The molecule has 34 heavy (non-hydrogen) atoms. The second-order valence-corrected chi connectivity index (χ2v) is 8.43. The first kappa shape index (κ1) is 22.0. The average Bonchev–Trinajstić information content (AvgIpc) is 3.14. The van der Waals surface area contributed by atoms with Gasteiger partial charge in [-0.1, -0.05) is 35.9 Å². The Labute approximate surface area is 201 Å². The third-order valence-electron chi connectivity index (χ3n) is 6.01. The van der Waals surface area contributed by atoms with E-state index in [1.165, 1.54) is 0 Å². The van der Waals surface area contributed by atoms with E-state index in [0.29, 0.717) is 45.3 Å². The average molecular weight is 476 g/mol. The van der Waals surface area contributed by atoms with Crippen LogP contribution in [0.25, 0.3) is 11.0 Å². The van der Waals surface area contributed by atoms with Crippen molar-refractivity contribution in [3.8, 4) is 11.5 Å². The summed E-state index contributed by atoms with van der Waals surface area (Å²) < 4.78 is 17.2. The second-order valence-electron chi connectivity index (χ2n) is 8.02. The molecule has 0 fully saturated rings. The van der Waals surface area contributed by atoms with Gasteiger partial charge in [0, 0.05) is 10.7 Å². The molecule has 1 atom stereocenters. The first-order chi connectivity index (χ1) is 16.4. The van der Waals surface area contributed by atoms with Crippen LogP contribution in [0.15, 0.2) is 69.9 Å². The maximum Gasteiger partial charge on any atom is 0.295 e. The number of rotatable bonds is 5. The number of aryl methyl sites for hydroxylation is 1. The second kappa shape index (κ2) is 8.54. The molecule has 0 radical (unpaired) electrons. The maximum atomic E-state index is 13.7. The highest BCUT2D eigenvalue weighted by atomic mass is 35.5. The Kier molecular flexibility index (Phi) is 5.54. The molecule has 0 spiro atoms. The lowest BCUT2D eigenvalue weighted by molar-refractivity contribution is 0.0971. The zero-order chi connectivity index (χ0) is 24.0. The number of methoxy groups -OCH3 is 1. The van der Waals surface area contributed by atoms with Crippen molar-refractivity contribution in [1.82, 2.24) is 0 Å². The summed E-state index contributed by atoms with van der Waals surface area (Å²) in [5.41, 5.74) is 2.54. The minimum Gasteiger partial charge on any atom is -0.493 e. The van der Waals surface area contributed by atoms with Crippen LogP contribution in [0.3, 0.4) is 0 Å². The quantitative estimate of drug-likeness (QED) is 0.359. The van der Waals surface area contributed by atoms with Crippen LogP contribution in [0.4, 0.5) is 5.69 Å². The molecule has 4 aromatic rings. The number of benzene rings is 3. The van der Waals surface area contributed by atoms with E-state index in [0.717, 1.165) is 5.56 Å². The van der Waals surface area contributed by atoms with Gasteiger partial charge in [0.2, 0.25) is 5.76 Å². The van der Waals surface area contributed by atoms with Crippen LogP contribution in [0.5, 0.6) is 11.5 Å². The molecular formula is C27H22ClNO5. The molecule has 0 bridgehead atoms.